The highest BCUT2D eigenvalue weighted by Crippen LogP contribution is 2.42. The number of benzene rings is 1. The standard InChI is InChI=1S/C17H15FO4S2/c1-17(2)16(19)14(13-8-11(18)9-23-13)15(22-17)10-4-6-12(7-5-10)24(3,20)21/h4-9H,1-3H3. The van der Waals surface area contributed by atoms with Crippen LogP contribution in [0.2, 0.25) is 0 Å². The maximum absolute atomic E-state index is 13.4. The summed E-state index contributed by atoms with van der Waals surface area (Å²) in [6.07, 6.45) is 1.12. The summed E-state index contributed by atoms with van der Waals surface area (Å²) >= 11 is 1.13. The van der Waals surface area contributed by atoms with Gasteiger partial charge in [-0.1, -0.05) is 0 Å². The third-order valence-electron chi connectivity index (χ3n) is 3.72. The normalized spacial score (nSPS) is 17.2. The molecule has 2 aromatic rings. The molecule has 0 bridgehead atoms. The highest BCUT2D eigenvalue weighted by atomic mass is 32.2. The predicted octanol–water partition coefficient (Wildman–Crippen LogP) is 3.54. The van der Waals surface area contributed by atoms with Crippen LogP contribution in [0.1, 0.15) is 24.3 Å². The maximum atomic E-state index is 13.4. The zero-order valence-electron chi connectivity index (χ0n) is 13.3. The molecule has 0 N–H and O–H groups in total. The molecule has 0 fully saturated rings. The van der Waals surface area contributed by atoms with E-state index >= 15 is 0 Å². The molecule has 1 aliphatic rings. The lowest BCUT2D eigenvalue weighted by Gasteiger charge is -2.17. The first-order valence-electron chi connectivity index (χ1n) is 7.12. The van der Waals surface area contributed by atoms with Crippen LogP contribution >= 0.6 is 11.3 Å². The van der Waals surface area contributed by atoms with Gasteiger partial charge in [0.15, 0.2) is 15.4 Å². The van der Waals surface area contributed by atoms with Gasteiger partial charge in [0.25, 0.3) is 0 Å². The fourth-order valence-electron chi connectivity index (χ4n) is 2.48. The Kier molecular flexibility index (Phi) is 3.88. The Hall–Kier alpha value is -1.99. The Morgan fingerprint density at radius 1 is 1.17 bits per heavy atom. The van der Waals surface area contributed by atoms with Crippen LogP contribution in [-0.4, -0.2) is 26.1 Å². The van der Waals surface area contributed by atoms with E-state index in [2.05, 4.69) is 0 Å². The molecule has 126 valence electrons. The molecule has 2 heterocycles. The monoisotopic (exact) mass is 366 g/mol. The van der Waals surface area contributed by atoms with Crippen molar-refractivity contribution >= 4 is 38.3 Å². The van der Waals surface area contributed by atoms with E-state index in [-0.39, 0.29) is 10.7 Å². The lowest BCUT2D eigenvalue weighted by atomic mass is 9.97. The predicted molar refractivity (Wildman–Crippen MR) is 90.8 cm³/mol. The zero-order chi connectivity index (χ0) is 17.7. The molecule has 7 heteroatoms. The number of sulfone groups is 1. The SMILES string of the molecule is CC1(C)OC(c2ccc(S(C)(=O)=O)cc2)=C(c2cc(F)cs2)C1=O. The van der Waals surface area contributed by atoms with Crippen LogP contribution in [0, 0.1) is 5.82 Å². The summed E-state index contributed by atoms with van der Waals surface area (Å²) in [5.74, 6) is -0.301. The molecule has 0 radical (unpaired) electrons. The van der Waals surface area contributed by atoms with Crippen LogP contribution in [0.25, 0.3) is 11.3 Å². The van der Waals surface area contributed by atoms with Crippen molar-refractivity contribution in [3.63, 3.8) is 0 Å². The third-order valence-corrected chi connectivity index (χ3v) is 5.76. The molecule has 0 unspecified atom stereocenters. The molecular weight excluding hydrogens is 351 g/mol. The second-order valence-electron chi connectivity index (χ2n) is 6.07. The van der Waals surface area contributed by atoms with Gasteiger partial charge in [-0.2, -0.15) is 0 Å². The van der Waals surface area contributed by atoms with Gasteiger partial charge in [-0.05, 0) is 44.2 Å². The molecule has 0 saturated carbocycles. The van der Waals surface area contributed by atoms with Gasteiger partial charge in [0, 0.05) is 22.1 Å². The number of Topliss-reactive ketones (excluding diaryl/α,β-unsaturated/α-hetero) is 1. The van der Waals surface area contributed by atoms with E-state index in [0.29, 0.717) is 21.8 Å². The molecule has 1 aromatic heterocycles. The zero-order valence-corrected chi connectivity index (χ0v) is 14.9. The first-order valence-corrected chi connectivity index (χ1v) is 9.90. The topological polar surface area (TPSA) is 60.4 Å². The first-order chi connectivity index (χ1) is 11.1. The van der Waals surface area contributed by atoms with Crippen molar-refractivity contribution in [1.29, 1.82) is 0 Å². The van der Waals surface area contributed by atoms with E-state index in [4.69, 9.17) is 4.74 Å². The van der Waals surface area contributed by atoms with Gasteiger partial charge < -0.3 is 4.74 Å². The maximum Gasteiger partial charge on any atom is 0.210 e. The number of carbonyl (C=O) groups excluding carboxylic acids is 1. The molecule has 1 aromatic carbocycles. The molecular formula is C17H15FO4S2. The molecule has 4 nitrogen and oxygen atoms in total. The van der Waals surface area contributed by atoms with E-state index in [1.807, 2.05) is 0 Å². The summed E-state index contributed by atoms with van der Waals surface area (Å²) in [4.78, 5) is 13.3. The first kappa shape index (κ1) is 16.9. The molecule has 0 atom stereocenters. The van der Waals surface area contributed by atoms with Gasteiger partial charge in [0.2, 0.25) is 5.78 Å². The summed E-state index contributed by atoms with van der Waals surface area (Å²) in [7, 11) is -3.31. The van der Waals surface area contributed by atoms with Gasteiger partial charge >= 0.3 is 0 Å². The number of thiophene rings is 1. The van der Waals surface area contributed by atoms with Crippen molar-refractivity contribution in [2.75, 3.05) is 6.26 Å². The molecule has 0 amide bonds. The van der Waals surface area contributed by atoms with Crippen molar-refractivity contribution in [2.45, 2.75) is 24.3 Å². The smallest absolute Gasteiger partial charge is 0.210 e. The van der Waals surface area contributed by atoms with Crippen molar-refractivity contribution in [3.8, 4) is 0 Å². The quantitative estimate of drug-likeness (QED) is 0.834. The second kappa shape index (κ2) is 5.53. The minimum Gasteiger partial charge on any atom is -0.478 e. The number of rotatable bonds is 3. The number of hydrogen-bond acceptors (Lipinski definition) is 5. The molecule has 3 rings (SSSR count). The van der Waals surface area contributed by atoms with Crippen LogP contribution in [0.15, 0.2) is 40.6 Å². The van der Waals surface area contributed by atoms with Crippen LogP contribution in [0.3, 0.4) is 0 Å². The highest BCUT2D eigenvalue weighted by Gasteiger charge is 2.43. The van der Waals surface area contributed by atoms with Crippen LogP contribution in [-0.2, 0) is 19.4 Å². The molecule has 1 aliphatic heterocycles. The number of carbonyl (C=O) groups is 1. The van der Waals surface area contributed by atoms with E-state index in [1.165, 1.54) is 23.6 Å². The summed E-state index contributed by atoms with van der Waals surface area (Å²) in [5.41, 5.74) is -0.160. The third kappa shape index (κ3) is 2.89. The van der Waals surface area contributed by atoms with Crippen molar-refractivity contribution in [1.82, 2.24) is 0 Å². The summed E-state index contributed by atoms with van der Waals surface area (Å²) in [5, 5.41) is 1.32. The Labute approximate surface area is 143 Å². The molecule has 0 spiro atoms. The van der Waals surface area contributed by atoms with Crippen molar-refractivity contribution < 1.29 is 22.3 Å². The molecule has 0 aliphatic carbocycles. The second-order valence-corrected chi connectivity index (χ2v) is 9.00. The van der Waals surface area contributed by atoms with Gasteiger partial charge in [0.1, 0.15) is 11.6 Å². The summed E-state index contributed by atoms with van der Waals surface area (Å²) < 4.78 is 42.3. The Morgan fingerprint density at radius 3 is 2.29 bits per heavy atom. The Morgan fingerprint density at radius 2 is 1.79 bits per heavy atom. The lowest BCUT2D eigenvalue weighted by Crippen LogP contribution is -2.29. The number of halogens is 1. The Bertz CT molecular complexity index is 951. The van der Waals surface area contributed by atoms with Crippen LogP contribution < -0.4 is 0 Å². The van der Waals surface area contributed by atoms with E-state index in [0.717, 1.165) is 17.6 Å². The largest absolute Gasteiger partial charge is 0.478 e. The van der Waals surface area contributed by atoms with E-state index < -0.39 is 21.3 Å². The lowest BCUT2D eigenvalue weighted by molar-refractivity contribution is -0.125. The average molecular weight is 366 g/mol. The average Bonchev–Trinajstić information content (AvgIpc) is 3.00. The molecule has 24 heavy (non-hydrogen) atoms. The van der Waals surface area contributed by atoms with E-state index in [9.17, 15) is 17.6 Å². The number of ketones is 1. The van der Waals surface area contributed by atoms with Crippen molar-refractivity contribution in [2.24, 2.45) is 0 Å². The summed E-state index contributed by atoms with van der Waals surface area (Å²) in [6, 6.07) is 7.40. The van der Waals surface area contributed by atoms with Gasteiger partial charge in [-0.25, -0.2) is 12.8 Å². The van der Waals surface area contributed by atoms with E-state index in [1.54, 1.807) is 26.0 Å². The number of ether oxygens (including phenoxy) is 1. The fourth-order valence-corrected chi connectivity index (χ4v) is 3.90. The van der Waals surface area contributed by atoms with Crippen LogP contribution in [0.5, 0.6) is 0 Å². The highest BCUT2D eigenvalue weighted by molar-refractivity contribution is 7.90. The minimum absolute atomic E-state index is 0.180. The van der Waals surface area contributed by atoms with Crippen molar-refractivity contribution in [3.05, 3.63) is 52.0 Å². The van der Waals surface area contributed by atoms with Gasteiger partial charge in [-0.3, -0.25) is 4.79 Å². The summed E-state index contributed by atoms with van der Waals surface area (Å²) in [6.45, 7) is 3.30. The molecule has 0 saturated heterocycles. The van der Waals surface area contributed by atoms with Gasteiger partial charge in [0.05, 0.1) is 10.5 Å². The van der Waals surface area contributed by atoms with Crippen LogP contribution in [0.4, 0.5) is 4.39 Å². The fraction of sp³-hybridized carbons (Fsp3) is 0.235. The Balaban J connectivity index is 2.15. The number of hydrogen-bond donors (Lipinski definition) is 0. The van der Waals surface area contributed by atoms with Gasteiger partial charge in [-0.15, -0.1) is 11.3 Å². The minimum atomic E-state index is -3.31.